The molecule has 5 nitrogen and oxygen atoms in total. The minimum atomic E-state index is 0.599. The lowest BCUT2D eigenvalue weighted by atomic mass is 10.2. The van der Waals surface area contributed by atoms with E-state index in [4.69, 9.17) is 0 Å². The number of benzene rings is 1. The Balaban J connectivity index is 1.40. The summed E-state index contributed by atoms with van der Waals surface area (Å²) in [5, 5.41) is 11.8. The van der Waals surface area contributed by atoms with Crippen molar-refractivity contribution in [1.29, 1.82) is 0 Å². The molecule has 0 spiro atoms. The monoisotopic (exact) mass is 299 g/mol. The van der Waals surface area contributed by atoms with E-state index in [9.17, 15) is 0 Å². The number of nitrogens with one attached hydrogen (secondary N) is 1. The minimum Gasteiger partial charge on any atom is -0.318 e. The van der Waals surface area contributed by atoms with E-state index in [1.165, 1.54) is 18.5 Å². The highest BCUT2D eigenvalue weighted by molar-refractivity contribution is 5.14. The summed E-state index contributed by atoms with van der Waals surface area (Å²) in [7, 11) is 0. The van der Waals surface area contributed by atoms with Crippen LogP contribution in [0, 0.1) is 0 Å². The number of nitrogens with zero attached hydrogens (tertiary/aromatic N) is 4. The third-order valence-corrected chi connectivity index (χ3v) is 4.34. The fourth-order valence-electron chi connectivity index (χ4n) is 3.11. The van der Waals surface area contributed by atoms with Gasteiger partial charge in [0.25, 0.3) is 0 Å². The first-order chi connectivity index (χ1) is 10.8. The van der Waals surface area contributed by atoms with Crippen LogP contribution in [0.3, 0.4) is 0 Å². The molecule has 22 heavy (non-hydrogen) atoms. The summed E-state index contributed by atoms with van der Waals surface area (Å²) < 4.78 is 2.11. The highest BCUT2D eigenvalue weighted by Gasteiger charge is 2.21. The first-order valence-corrected chi connectivity index (χ1v) is 8.21. The number of hydrogen-bond acceptors (Lipinski definition) is 4. The Morgan fingerprint density at radius 2 is 2.14 bits per heavy atom. The van der Waals surface area contributed by atoms with Gasteiger partial charge in [-0.2, -0.15) is 0 Å². The molecule has 0 aliphatic carbocycles. The van der Waals surface area contributed by atoms with Crippen LogP contribution in [0.1, 0.15) is 24.7 Å². The number of aryl methyl sites for hydroxylation is 1. The van der Waals surface area contributed by atoms with Crippen molar-refractivity contribution >= 4 is 0 Å². The van der Waals surface area contributed by atoms with Gasteiger partial charge in [0, 0.05) is 45.2 Å². The van der Waals surface area contributed by atoms with Crippen LogP contribution in [0.5, 0.6) is 0 Å². The molecule has 0 saturated carbocycles. The molecular formula is C17H25N5. The third-order valence-electron chi connectivity index (χ3n) is 4.34. The Kier molecular flexibility index (Phi) is 5.19. The van der Waals surface area contributed by atoms with Crippen molar-refractivity contribution in [1.82, 2.24) is 25.0 Å². The van der Waals surface area contributed by atoms with E-state index in [2.05, 4.69) is 62.2 Å². The zero-order valence-electron chi connectivity index (χ0n) is 13.3. The van der Waals surface area contributed by atoms with Crippen LogP contribution in [0.2, 0.25) is 0 Å². The van der Waals surface area contributed by atoms with Crippen molar-refractivity contribution in [3.8, 4) is 0 Å². The molecule has 3 rings (SSSR count). The van der Waals surface area contributed by atoms with Crippen molar-refractivity contribution in [3.63, 3.8) is 0 Å². The van der Waals surface area contributed by atoms with Crippen LogP contribution in [-0.2, 0) is 19.5 Å². The number of aromatic nitrogens is 3. The van der Waals surface area contributed by atoms with E-state index in [1.807, 2.05) is 6.33 Å². The van der Waals surface area contributed by atoms with Gasteiger partial charge in [-0.25, -0.2) is 0 Å². The van der Waals surface area contributed by atoms with Crippen LogP contribution in [0.4, 0.5) is 0 Å². The molecule has 118 valence electrons. The predicted molar refractivity (Wildman–Crippen MR) is 87.5 cm³/mol. The van der Waals surface area contributed by atoms with Gasteiger partial charge in [0.1, 0.15) is 12.2 Å². The first kappa shape index (κ1) is 15.2. The molecular weight excluding hydrogens is 274 g/mol. The molecule has 1 atom stereocenters. The molecule has 0 radical (unpaired) electrons. The first-order valence-electron chi connectivity index (χ1n) is 8.21. The van der Waals surface area contributed by atoms with E-state index in [0.29, 0.717) is 6.04 Å². The smallest absolute Gasteiger partial charge is 0.134 e. The standard InChI is InChI=1S/C17H25N5/c1-2-22-14-19-20-17(22)8-10-18-16-9-11-21(13-16)12-15-6-4-3-5-7-15/h3-7,14,16,18H,2,8-13H2,1H3/t16-/m1/s1. The maximum absolute atomic E-state index is 4.18. The topological polar surface area (TPSA) is 46.0 Å². The molecule has 0 bridgehead atoms. The largest absolute Gasteiger partial charge is 0.318 e. The molecule has 0 amide bonds. The summed E-state index contributed by atoms with van der Waals surface area (Å²) in [6.45, 7) is 7.41. The second-order valence-electron chi connectivity index (χ2n) is 5.94. The van der Waals surface area contributed by atoms with Gasteiger partial charge in [0.15, 0.2) is 0 Å². The molecule has 1 aliphatic rings. The molecule has 1 fully saturated rings. The summed E-state index contributed by atoms with van der Waals surface area (Å²) in [4.78, 5) is 2.53. The Hall–Kier alpha value is -1.72. The molecule has 1 aromatic carbocycles. The van der Waals surface area contributed by atoms with Gasteiger partial charge >= 0.3 is 0 Å². The summed E-state index contributed by atoms with van der Waals surface area (Å²) in [5.74, 6) is 1.08. The highest BCUT2D eigenvalue weighted by Crippen LogP contribution is 2.13. The van der Waals surface area contributed by atoms with Crippen molar-refractivity contribution in [2.24, 2.45) is 0 Å². The molecule has 1 aliphatic heterocycles. The molecule has 2 heterocycles. The summed E-state index contributed by atoms with van der Waals surface area (Å²) >= 11 is 0. The number of rotatable bonds is 7. The lowest BCUT2D eigenvalue weighted by Gasteiger charge is -2.16. The second-order valence-corrected chi connectivity index (χ2v) is 5.94. The second kappa shape index (κ2) is 7.51. The lowest BCUT2D eigenvalue weighted by Crippen LogP contribution is -2.34. The highest BCUT2D eigenvalue weighted by atomic mass is 15.3. The van der Waals surface area contributed by atoms with Crippen molar-refractivity contribution < 1.29 is 0 Å². The van der Waals surface area contributed by atoms with Crippen LogP contribution >= 0.6 is 0 Å². The van der Waals surface area contributed by atoms with Crippen LogP contribution in [0.25, 0.3) is 0 Å². The SMILES string of the molecule is CCn1cnnc1CCN[C@@H]1CCN(Cc2ccccc2)C1. The Labute approximate surface area is 132 Å². The maximum Gasteiger partial charge on any atom is 0.134 e. The lowest BCUT2D eigenvalue weighted by molar-refractivity contribution is 0.320. The van der Waals surface area contributed by atoms with Crippen molar-refractivity contribution in [3.05, 3.63) is 48.0 Å². The average Bonchev–Trinajstić information content (AvgIpc) is 3.18. The van der Waals surface area contributed by atoms with Gasteiger partial charge in [-0.05, 0) is 18.9 Å². The summed E-state index contributed by atoms with van der Waals surface area (Å²) in [6, 6.07) is 11.3. The number of hydrogen-bond donors (Lipinski definition) is 1. The Morgan fingerprint density at radius 1 is 1.27 bits per heavy atom. The van der Waals surface area contributed by atoms with Crippen LogP contribution < -0.4 is 5.32 Å². The zero-order valence-corrected chi connectivity index (χ0v) is 13.3. The van der Waals surface area contributed by atoms with Gasteiger partial charge in [-0.1, -0.05) is 30.3 Å². The quantitative estimate of drug-likeness (QED) is 0.845. The maximum atomic E-state index is 4.18. The molecule has 2 aromatic rings. The zero-order chi connectivity index (χ0) is 15.2. The van der Waals surface area contributed by atoms with Gasteiger partial charge < -0.3 is 9.88 Å². The van der Waals surface area contributed by atoms with Crippen LogP contribution in [0.15, 0.2) is 36.7 Å². The molecule has 1 saturated heterocycles. The van der Waals surface area contributed by atoms with Gasteiger partial charge in [-0.3, -0.25) is 4.90 Å². The fourth-order valence-corrected chi connectivity index (χ4v) is 3.11. The third kappa shape index (κ3) is 3.93. The van der Waals surface area contributed by atoms with E-state index in [-0.39, 0.29) is 0 Å². The van der Waals surface area contributed by atoms with Gasteiger partial charge in [-0.15, -0.1) is 10.2 Å². The van der Waals surface area contributed by atoms with E-state index >= 15 is 0 Å². The van der Waals surface area contributed by atoms with E-state index in [0.717, 1.165) is 38.4 Å². The van der Waals surface area contributed by atoms with E-state index < -0.39 is 0 Å². The van der Waals surface area contributed by atoms with Crippen LogP contribution in [-0.4, -0.2) is 45.3 Å². The van der Waals surface area contributed by atoms with Crippen molar-refractivity contribution in [2.45, 2.75) is 38.9 Å². The number of likely N-dealkylation sites (tertiary alicyclic amines) is 1. The molecule has 0 unspecified atom stereocenters. The normalized spacial score (nSPS) is 18.9. The van der Waals surface area contributed by atoms with E-state index in [1.54, 1.807) is 0 Å². The van der Waals surface area contributed by atoms with Gasteiger partial charge in [0.2, 0.25) is 0 Å². The molecule has 5 heteroatoms. The van der Waals surface area contributed by atoms with Crippen molar-refractivity contribution in [2.75, 3.05) is 19.6 Å². The fraction of sp³-hybridized carbons (Fsp3) is 0.529. The minimum absolute atomic E-state index is 0.599. The molecule has 1 aromatic heterocycles. The summed E-state index contributed by atoms with van der Waals surface area (Å²) in [5.41, 5.74) is 1.40. The predicted octanol–water partition coefficient (Wildman–Crippen LogP) is 1.70. The molecule has 1 N–H and O–H groups in total. The van der Waals surface area contributed by atoms with Gasteiger partial charge in [0.05, 0.1) is 0 Å². The summed E-state index contributed by atoms with van der Waals surface area (Å²) in [6.07, 6.45) is 3.99. The Bertz CT molecular complexity index is 565. The average molecular weight is 299 g/mol. The Morgan fingerprint density at radius 3 is 2.95 bits per heavy atom.